The minimum absolute atomic E-state index is 0.646. The molecular formula is C14H25N. The highest BCUT2D eigenvalue weighted by atomic mass is 15.0. The van der Waals surface area contributed by atoms with Gasteiger partial charge in [-0.15, -0.1) is 6.58 Å². The van der Waals surface area contributed by atoms with Crippen molar-refractivity contribution in [3.8, 4) is 0 Å². The smallest absolute Gasteiger partial charge is 0.0101 e. The van der Waals surface area contributed by atoms with Crippen LogP contribution in [0, 0.1) is 17.8 Å². The summed E-state index contributed by atoms with van der Waals surface area (Å²) in [5.74, 6) is 2.77. The van der Waals surface area contributed by atoms with Gasteiger partial charge in [0.2, 0.25) is 0 Å². The van der Waals surface area contributed by atoms with E-state index in [-0.39, 0.29) is 0 Å². The Balaban J connectivity index is 1.79. The third kappa shape index (κ3) is 2.44. The van der Waals surface area contributed by atoms with Crippen LogP contribution in [-0.2, 0) is 0 Å². The normalized spacial score (nSPS) is 37.9. The summed E-state index contributed by atoms with van der Waals surface area (Å²) >= 11 is 0. The summed E-state index contributed by atoms with van der Waals surface area (Å²) in [6.45, 7) is 8.48. The van der Waals surface area contributed by atoms with Crippen molar-refractivity contribution in [2.24, 2.45) is 17.8 Å². The average molecular weight is 207 g/mol. The first-order chi connectivity index (χ1) is 7.20. The van der Waals surface area contributed by atoms with Crippen molar-refractivity contribution in [1.82, 2.24) is 5.32 Å². The van der Waals surface area contributed by atoms with Gasteiger partial charge in [-0.2, -0.15) is 0 Å². The van der Waals surface area contributed by atoms with Gasteiger partial charge in [0, 0.05) is 12.1 Å². The Morgan fingerprint density at radius 2 is 2.13 bits per heavy atom. The molecule has 0 aromatic rings. The van der Waals surface area contributed by atoms with Crippen LogP contribution in [-0.4, -0.2) is 12.1 Å². The third-order valence-electron chi connectivity index (χ3n) is 4.61. The maximum atomic E-state index is 3.85. The monoisotopic (exact) mass is 207 g/mol. The number of fused-ring (bicyclic) bond motifs is 2. The molecule has 5 unspecified atom stereocenters. The first-order valence-corrected chi connectivity index (χ1v) is 6.57. The Morgan fingerprint density at radius 3 is 2.67 bits per heavy atom. The van der Waals surface area contributed by atoms with E-state index in [1.54, 1.807) is 0 Å². The molecule has 2 aliphatic rings. The molecule has 2 aliphatic carbocycles. The van der Waals surface area contributed by atoms with E-state index in [4.69, 9.17) is 0 Å². The molecule has 0 radical (unpaired) electrons. The highest BCUT2D eigenvalue weighted by Gasteiger charge is 2.39. The minimum atomic E-state index is 0.646. The van der Waals surface area contributed by atoms with Crippen LogP contribution in [0.3, 0.4) is 0 Å². The van der Waals surface area contributed by atoms with Crippen LogP contribution >= 0.6 is 0 Å². The van der Waals surface area contributed by atoms with Gasteiger partial charge in [-0.1, -0.05) is 19.4 Å². The Bertz CT molecular complexity index is 223. The van der Waals surface area contributed by atoms with Gasteiger partial charge in [0.1, 0.15) is 0 Å². The van der Waals surface area contributed by atoms with Gasteiger partial charge in [0.15, 0.2) is 0 Å². The lowest BCUT2D eigenvalue weighted by Crippen LogP contribution is -2.42. The molecule has 0 aromatic carbocycles. The van der Waals surface area contributed by atoms with Gasteiger partial charge in [0.25, 0.3) is 0 Å². The van der Waals surface area contributed by atoms with Crippen molar-refractivity contribution in [2.45, 2.75) is 58.0 Å². The largest absolute Gasteiger partial charge is 0.311 e. The average Bonchev–Trinajstić information content (AvgIpc) is 2.79. The van der Waals surface area contributed by atoms with Crippen molar-refractivity contribution < 1.29 is 0 Å². The van der Waals surface area contributed by atoms with Gasteiger partial charge in [-0.05, 0) is 50.4 Å². The van der Waals surface area contributed by atoms with Crippen LogP contribution in [0.5, 0.6) is 0 Å². The molecule has 0 amide bonds. The lowest BCUT2D eigenvalue weighted by molar-refractivity contribution is 0.287. The van der Waals surface area contributed by atoms with Crippen molar-refractivity contribution in [3.63, 3.8) is 0 Å². The standard InChI is InChI=1S/C14H25N/c1-4-5-10(2)11(3)15-14-9-12-6-7-13(14)8-12/h4,10-15H,1,5-9H2,2-3H3. The second-order valence-electron chi connectivity index (χ2n) is 5.74. The quantitative estimate of drug-likeness (QED) is 0.682. The molecule has 86 valence electrons. The SMILES string of the molecule is C=CCC(C)C(C)NC1CC2CCC1C2. The fourth-order valence-electron chi connectivity index (χ4n) is 3.42. The summed E-state index contributed by atoms with van der Waals surface area (Å²) in [5, 5.41) is 3.85. The lowest BCUT2D eigenvalue weighted by Gasteiger charge is -2.29. The molecular weight excluding hydrogens is 182 g/mol. The summed E-state index contributed by atoms with van der Waals surface area (Å²) in [4.78, 5) is 0. The Labute approximate surface area is 94.3 Å². The highest BCUT2D eigenvalue weighted by molar-refractivity contribution is 4.95. The minimum Gasteiger partial charge on any atom is -0.311 e. The van der Waals surface area contributed by atoms with Crippen LogP contribution < -0.4 is 5.32 Å². The summed E-state index contributed by atoms with van der Waals surface area (Å²) < 4.78 is 0. The highest BCUT2D eigenvalue weighted by Crippen LogP contribution is 2.44. The van der Waals surface area contributed by atoms with Gasteiger partial charge in [-0.3, -0.25) is 0 Å². The molecule has 2 saturated carbocycles. The number of rotatable bonds is 5. The fourth-order valence-corrected chi connectivity index (χ4v) is 3.42. The van der Waals surface area contributed by atoms with Crippen LogP contribution in [0.2, 0.25) is 0 Å². The van der Waals surface area contributed by atoms with E-state index in [1.165, 1.54) is 25.7 Å². The van der Waals surface area contributed by atoms with Crippen molar-refractivity contribution in [2.75, 3.05) is 0 Å². The van der Waals surface area contributed by atoms with E-state index in [1.807, 2.05) is 6.08 Å². The number of hydrogen-bond donors (Lipinski definition) is 1. The molecule has 5 atom stereocenters. The molecule has 0 heterocycles. The van der Waals surface area contributed by atoms with Crippen molar-refractivity contribution in [3.05, 3.63) is 12.7 Å². The van der Waals surface area contributed by atoms with Gasteiger partial charge >= 0.3 is 0 Å². The fraction of sp³-hybridized carbons (Fsp3) is 0.857. The van der Waals surface area contributed by atoms with E-state index < -0.39 is 0 Å². The van der Waals surface area contributed by atoms with E-state index in [9.17, 15) is 0 Å². The van der Waals surface area contributed by atoms with Crippen LogP contribution in [0.15, 0.2) is 12.7 Å². The number of nitrogens with one attached hydrogen (secondary N) is 1. The predicted molar refractivity (Wildman–Crippen MR) is 65.8 cm³/mol. The number of allylic oxidation sites excluding steroid dienone is 1. The van der Waals surface area contributed by atoms with Crippen LogP contribution in [0.25, 0.3) is 0 Å². The van der Waals surface area contributed by atoms with Gasteiger partial charge in [0.05, 0.1) is 0 Å². The first-order valence-electron chi connectivity index (χ1n) is 6.57. The second-order valence-corrected chi connectivity index (χ2v) is 5.74. The first kappa shape index (κ1) is 11.2. The van der Waals surface area contributed by atoms with Crippen LogP contribution in [0.4, 0.5) is 0 Å². The lowest BCUT2D eigenvalue weighted by atomic mass is 9.92. The Morgan fingerprint density at radius 1 is 1.33 bits per heavy atom. The van der Waals surface area contributed by atoms with E-state index in [2.05, 4.69) is 25.7 Å². The molecule has 1 heteroatoms. The maximum Gasteiger partial charge on any atom is 0.0101 e. The van der Waals surface area contributed by atoms with Crippen molar-refractivity contribution in [1.29, 1.82) is 0 Å². The zero-order valence-electron chi connectivity index (χ0n) is 10.2. The van der Waals surface area contributed by atoms with Gasteiger partial charge < -0.3 is 5.32 Å². The molecule has 2 fully saturated rings. The van der Waals surface area contributed by atoms with E-state index in [0.717, 1.165) is 30.2 Å². The molecule has 15 heavy (non-hydrogen) atoms. The topological polar surface area (TPSA) is 12.0 Å². The predicted octanol–water partition coefficient (Wildman–Crippen LogP) is 3.37. The second kappa shape index (κ2) is 4.69. The number of hydrogen-bond acceptors (Lipinski definition) is 1. The molecule has 0 aliphatic heterocycles. The molecule has 0 saturated heterocycles. The van der Waals surface area contributed by atoms with Crippen molar-refractivity contribution >= 4 is 0 Å². The Hall–Kier alpha value is -0.300. The molecule has 2 bridgehead atoms. The van der Waals surface area contributed by atoms with E-state index >= 15 is 0 Å². The molecule has 1 nitrogen and oxygen atoms in total. The molecule has 0 aromatic heterocycles. The zero-order valence-corrected chi connectivity index (χ0v) is 10.2. The Kier molecular flexibility index (Phi) is 3.50. The van der Waals surface area contributed by atoms with Crippen LogP contribution in [0.1, 0.15) is 46.0 Å². The van der Waals surface area contributed by atoms with E-state index in [0.29, 0.717) is 6.04 Å². The third-order valence-corrected chi connectivity index (χ3v) is 4.61. The molecule has 1 N–H and O–H groups in total. The molecule has 2 rings (SSSR count). The summed E-state index contributed by atoms with van der Waals surface area (Å²) in [5.41, 5.74) is 0. The summed E-state index contributed by atoms with van der Waals surface area (Å²) in [6, 6.07) is 1.47. The maximum absolute atomic E-state index is 3.85. The summed E-state index contributed by atoms with van der Waals surface area (Å²) in [7, 11) is 0. The zero-order chi connectivity index (χ0) is 10.8. The summed E-state index contributed by atoms with van der Waals surface area (Å²) in [6.07, 6.45) is 9.10. The van der Waals surface area contributed by atoms with Gasteiger partial charge in [-0.25, -0.2) is 0 Å². The molecule has 0 spiro atoms.